The molecule has 7 heteroatoms. The lowest BCUT2D eigenvalue weighted by molar-refractivity contribution is 0.0696. The number of benzene rings is 1. The summed E-state index contributed by atoms with van der Waals surface area (Å²) in [6.07, 6.45) is 0.864. The molecule has 0 amide bonds. The highest BCUT2D eigenvalue weighted by atomic mass is 79.9. The molecule has 1 rings (SSSR count). The summed E-state index contributed by atoms with van der Waals surface area (Å²) in [4.78, 5) is 10.9. The molecule has 0 aliphatic carbocycles. The summed E-state index contributed by atoms with van der Waals surface area (Å²) in [5, 5.41) is 8.87. The first-order chi connectivity index (χ1) is 9.19. The van der Waals surface area contributed by atoms with Gasteiger partial charge in [-0.05, 0) is 47.0 Å². The number of aromatic carboxylic acids is 1. The van der Waals surface area contributed by atoms with E-state index >= 15 is 0 Å². The molecule has 2 N–H and O–H groups in total. The smallest absolute Gasteiger partial charge is 0.335 e. The molecule has 5 nitrogen and oxygen atoms in total. The maximum Gasteiger partial charge on any atom is 0.335 e. The Morgan fingerprint density at radius 1 is 1.40 bits per heavy atom. The summed E-state index contributed by atoms with van der Waals surface area (Å²) >= 11 is 3.11. The topological polar surface area (TPSA) is 83.5 Å². The van der Waals surface area contributed by atoms with Crippen LogP contribution in [0, 0.1) is 5.92 Å². The number of hydrogen-bond acceptors (Lipinski definition) is 3. The van der Waals surface area contributed by atoms with Gasteiger partial charge in [0, 0.05) is 10.5 Å². The van der Waals surface area contributed by atoms with Crippen LogP contribution in [0.1, 0.15) is 37.6 Å². The van der Waals surface area contributed by atoms with Crippen LogP contribution >= 0.6 is 15.9 Å². The highest BCUT2D eigenvalue weighted by molar-refractivity contribution is 9.10. The van der Waals surface area contributed by atoms with Crippen molar-refractivity contribution in [1.82, 2.24) is 4.72 Å². The normalized spacial score (nSPS) is 14.8. The summed E-state index contributed by atoms with van der Waals surface area (Å²) in [5.74, 6) is -0.891. The summed E-state index contributed by atoms with van der Waals surface area (Å²) < 4.78 is 27.4. The van der Waals surface area contributed by atoms with Gasteiger partial charge in [-0.2, -0.15) is 0 Å². The molecular weight excluding hydrogens is 346 g/mol. The second kappa shape index (κ2) is 6.69. The fourth-order valence-corrected chi connectivity index (χ4v) is 4.06. The average Bonchev–Trinajstić information content (AvgIpc) is 2.36. The largest absolute Gasteiger partial charge is 0.478 e. The van der Waals surface area contributed by atoms with Crippen LogP contribution in [-0.4, -0.2) is 25.5 Å². The van der Waals surface area contributed by atoms with E-state index in [1.807, 2.05) is 20.8 Å². The van der Waals surface area contributed by atoms with Crippen molar-refractivity contribution in [2.24, 2.45) is 5.92 Å². The Bertz CT molecular complexity index is 600. The van der Waals surface area contributed by atoms with Crippen LogP contribution in [0.25, 0.3) is 0 Å². The number of carbonyl (C=O) groups is 1. The molecule has 0 aliphatic heterocycles. The standard InChI is InChI=1S/C13H18BrNO4S/c1-4-8(2)9(3)15-20(18,19)12-6-5-10(13(16)17)7-11(12)14/h5-9,15H,4H2,1-3H3,(H,16,17). The lowest BCUT2D eigenvalue weighted by atomic mass is 10.0. The zero-order valence-electron chi connectivity index (χ0n) is 11.6. The van der Waals surface area contributed by atoms with Gasteiger partial charge < -0.3 is 5.11 Å². The Hall–Kier alpha value is -0.920. The van der Waals surface area contributed by atoms with E-state index in [-0.39, 0.29) is 26.9 Å². The van der Waals surface area contributed by atoms with Gasteiger partial charge in [0.15, 0.2) is 0 Å². The van der Waals surface area contributed by atoms with Crippen molar-refractivity contribution in [3.63, 3.8) is 0 Å². The van der Waals surface area contributed by atoms with Crippen LogP contribution in [0.5, 0.6) is 0 Å². The van der Waals surface area contributed by atoms with Crippen LogP contribution < -0.4 is 4.72 Å². The minimum atomic E-state index is -3.68. The van der Waals surface area contributed by atoms with Crippen molar-refractivity contribution in [2.75, 3.05) is 0 Å². The molecule has 0 spiro atoms. The maximum atomic E-state index is 12.3. The molecule has 0 saturated carbocycles. The molecule has 1 aromatic rings. The Labute approximate surface area is 127 Å². The molecule has 0 fully saturated rings. The molecule has 0 aliphatic rings. The molecule has 2 unspecified atom stereocenters. The molecule has 0 radical (unpaired) electrons. The Balaban J connectivity index is 3.07. The summed E-state index contributed by atoms with van der Waals surface area (Å²) in [5.41, 5.74) is 0.0331. The van der Waals surface area contributed by atoms with Gasteiger partial charge in [-0.25, -0.2) is 17.9 Å². The SMILES string of the molecule is CCC(C)C(C)NS(=O)(=O)c1ccc(C(=O)O)cc1Br. The van der Waals surface area contributed by atoms with E-state index in [2.05, 4.69) is 20.7 Å². The van der Waals surface area contributed by atoms with Gasteiger partial charge in [-0.3, -0.25) is 0 Å². The fraction of sp³-hybridized carbons (Fsp3) is 0.462. The zero-order chi connectivity index (χ0) is 15.5. The molecule has 20 heavy (non-hydrogen) atoms. The summed E-state index contributed by atoms with van der Waals surface area (Å²) in [6.45, 7) is 5.77. The highest BCUT2D eigenvalue weighted by Gasteiger charge is 2.23. The zero-order valence-corrected chi connectivity index (χ0v) is 14.0. The number of carboxylic acid groups (broad SMARTS) is 1. The maximum absolute atomic E-state index is 12.3. The van der Waals surface area contributed by atoms with Gasteiger partial charge in [0.05, 0.1) is 10.5 Å². The number of nitrogens with one attached hydrogen (secondary N) is 1. The van der Waals surface area contributed by atoms with Gasteiger partial charge in [0.2, 0.25) is 10.0 Å². The van der Waals surface area contributed by atoms with Crippen LogP contribution in [0.4, 0.5) is 0 Å². The lowest BCUT2D eigenvalue weighted by Gasteiger charge is -2.20. The minimum absolute atomic E-state index is 0.0331. The third kappa shape index (κ3) is 4.04. The van der Waals surface area contributed by atoms with E-state index in [0.29, 0.717) is 0 Å². The van der Waals surface area contributed by atoms with Gasteiger partial charge in [-0.1, -0.05) is 20.3 Å². The first-order valence-electron chi connectivity index (χ1n) is 6.24. The second-order valence-corrected chi connectivity index (χ2v) is 7.28. The van der Waals surface area contributed by atoms with Crippen LogP contribution in [0.3, 0.4) is 0 Å². The van der Waals surface area contributed by atoms with E-state index in [4.69, 9.17) is 5.11 Å². The molecule has 0 saturated heterocycles. The van der Waals surface area contributed by atoms with Crippen LogP contribution in [0.2, 0.25) is 0 Å². The van der Waals surface area contributed by atoms with E-state index in [1.54, 1.807) is 0 Å². The van der Waals surface area contributed by atoms with Crippen LogP contribution in [0.15, 0.2) is 27.6 Å². The fourth-order valence-electron chi connectivity index (χ4n) is 1.63. The Morgan fingerprint density at radius 2 is 2.00 bits per heavy atom. The summed E-state index contributed by atoms with van der Waals surface area (Å²) in [6, 6.07) is 3.65. The predicted molar refractivity (Wildman–Crippen MR) is 80.3 cm³/mol. The second-order valence-electron chi connectivity index (χ2n) is 4.75. The predicted octanol–water partition coefficient (Wildman–Crippen LogP) is 2.86. The van der Waals surface area contributed by atoms with Crippen molar-refractivity contribution in [1.29, 1.82) is 0 Å². The van der Waals surface area contributed by atoms with Gasteiger partial charge in [-0.15, -0.1) is 0 Å². The average molecular weight is 364 g/mol. The number of sulfonamides is 1. The quantitative estimate of drug-likeness (QED) is 0.813. The number of hydrogen-bond donors (Lipinski definition) is 2. The Morgan fingerprint density at radius 3 is 2.45 bits per heavy atom. The third-order valence-corrected chi connectivity index (χ3v) is 5.84. The van der Waals surface area contributed by atoms with Gasteiger partial charge in [0.25, 0.3) is 0 Å². The number of halogens is 1. The molecule has 0 aromatic heterocycles. The van der Waals surface area contributed by atoms with Gasteiger partial charge in [0.1, 0.15) is 0 Å². The number of carboxylic acids is 1. The van der Waals surface area contributed by atoms with Crippen molar-refractivity contribution < 1.29 is 18.3 Å². The minimum Gasteiger partial charge on any atom is -0.478 e. The van der Waals surface area contributed by atoms with Crippen molar-refractivity contribution in [3.8, 4) is 0 Å². The van der Waals surface area contributed by atoms with Crippen LogP contribution in [-0.2, 0) is 10.0 Å². The third-order valence-electron chi connectivity index (χ3n) is 3.31. The van der Waals surface area contributed by atoms with E-state index in [1.165, 1.54) is 18.2 Å². The summed E-state index contributed by atoms with van der Waals surface area (Å²) in [7, 11) is -3.68. The molecular formula is C13H18BrNO4S. The molecule has 112 valence electrons. The Kier molecular flexibility index (Phi) is 5.73. The molecule has 1 aromatic carbocycles. The number of rotatable bonds is 6. The van der Waals surface area contributed by atoms with E-state index in [0.717, 1.165) is 6.42 Å². The molecule has 0 bridgehead atoms. The van der Waals surface area contributed by atoms with E-state index < -0.39 is 16.0 Å². The van der Waals surface area contributed by atoms with Crippen molar-refractivity contribution >= 4 is 31.9 Å². The van der Waals surface area contributed by atoms with Crippen molar-refractivity contribution in [2.45, 2.75) is 38.1 Å². The molecule has 2 atom stereocenters. The first kappa shape index (κ1) is 17.1. The first-order valence-corrected chi connectivity index (χ1v) is 8.51. The monoisotopic (exact) mass is 363 g/mol. The molecule has 0 heterocycles. The highest BCUT2D eigenvalue weighted by Crippen LogP contribution is 2.24. The lowest BCUT2D eigenvalue weighted by Crippen LogP contribution is -2.37. The van der Waals surface area contributed by atoms with Crippen molar-refractivity contribution in [3.05, 3.63) is 28.2 Å². The van der Waals surface area contributed by atoms with Gasteiger partial charge >= 0.3 is 5.97 Å². The van der Waals surface area contributed by atoms with E-state index in [9.17, 15) is 13.2 Å².